The monoisotopic (exact) mass is 619 g/mol. The topological polar surface area (TPSA) is 120 Å². The molecular weight excluding hydrogens is 585 g/mol. The van der Waals surface area contributed by atoms with Crippen LogP contribution in [0.1, 0.15) is 36.6 Å². The van der Waals surface area contributed by atoms with Crippen molar-refractivity contribution >= 4 is 13.7 Å². The molecule has 0 amide bonds. The van der Waals surface area contributed by atoms with E-state index < -0.39 is 7.60 Å². The molecule has 0 saturated carbocycles. The summed E-state index contributed by atoms with van der Waals surface area (Å²) in [5, 5.41) is 4.63. The van der Waals surface area contributed by atoms with Gasteiger partial charge in [-0.1, -0.05) is 24.3 Å². The molecule has 0 fully saturated rings. The Morgan fingerprint density at radius 2 is 1.73 bits per heavy atom. The molecule has 0 radical (unpaired) electrons. The first-order valence-corrected chi connectivity index (χ1v) is 15.7. The standard InChI is InChI=1S/C32H34N3O8P/c1-5-41-44(36,42-6-2)18-16-26-20-31(34-35(26)25-11-8-7-9-12-25)40-21-24-14-15-28(30(19-24)37-4)39-22-27-23(3)43-32(33-27)29-13-10-17-38-29/h7-20H,5-6,21-22H2,1-4H3. The zero-order chi connectivity index (χ0) is 30.9. The molecule has 3 aromatic heterocycles. The van der Waals surface area contributed by atoms with Gasteiger partial charge in [0, 0.05) is 11.9 Å². The van der Waals surface area contributed by atoms with Gasteiger partial charge in [0.2, 0.25) is 5.88 Å². The van der Waals surface area contributed by atoms with E-state index in [1.807, 2.05) is 55.5 Å². The van der Waals surface area contributed by atoms with Gasteiger partial charge in [-0.15, -0.1) is 5.10 Å². The Labute approximate surface area is 255 Å². The van der Waals surface area contributed by atoms with E-state index in [9.17, 15) is 4.57 Å². The van der Waals surface area contributed by atoms with Crippen molar-refractivity contribution < 1.29 is 36.7 Å². The Bertz CT molecular complexity index is 1720. The van der Waals surface area contributed by atoms with E-state index in [-0.39, 0.29) is 26.4 Å². The molecule has 0 N–H and O–H groups in total. The third kappa shape index (κ3) is 7.49. The first-order chi connectivity index (χ1) is 21.4. The van der Waals surface area contributed by atoms with Gasteiger partial charge in [0.15, 0.2) is 17.3 Å². The lowest BCUT2D eigenvalue weighted by molar-refractivity contribution is 0.229. The van der Waals surface area contributed by atoms with Crippen molar-refractivity contribution in [1.82, 2.24) is 14.8 Å². The summed E-state index contributed by atoms with van der Waals surface area (Å²) < 4.78 is 54.3. The van der Waals surface area contributed by atoms with Gasteiger partial charge in [0.25, 0.3) is 5.89 Å². The first kappa shape index (κ1) is 30.9. The van der Waals surface area contributed by atoms with E-state index in [4.69, 9.17) is 32.1 Å². The molecule has 5 rings (SSSR count). The van der Waals surface area contributed by atoms with Crippen LogP contribution in [0.25, 0.3) is 23.4 Å². The number of furan rings is 1. The maximum absolute atomic E-state index is 13.0. The zero-order valence-corrected chi connectivity index (χ0v) is 25.9. The average molecular weight is 620 g/mol. The molecule has 3 heterocycles. The zero-order valence-electron chi connectivity index (χ0n) is 25.0. The van der Waals surface area contributed by atoms with Crippen LogP contribution in [-0.2, 0) is 26.8 Å². The number of oxazole rings is 1. The van der Waals surface area contributed by atoms with Crippen LogP contribution in [0.4, 0.5) is 0 Å². The van der Waals surface area contributed by atoms with E-state index in [0.717, 1.165) is 11.3 Å². The molecular formula is C32H34N3O8P. The number of ether oxygens (including phenoxy) is 3. The molecule has 0 spiro atoms. The summed E-state index contributed by atoms with van der Waals surface area (Å²) in [7, 11) is -1.83. The molecule has 12 heteroatoms. The molecule has 44 heavy (non-hydrogen) atoms. The Balaban J connectivity index is 1.29. The van der Waals surface area contributed by atoms with Crippen molar-refractivity contribution in [2.75, 3.05) is 20.3 Å². The molecule has 11 nitrogen and oxygen atoms in total. The fourth-order valence-electron chi connectivity index (χ4n) is 4.28. The van der Waals surface area contributed by atoms with E-state index >= 15 is 0 Å². The maximum Gasteiger partial charge on any atom is 0.354 e. The molecule has 0 aliphatic heterocycles. The highest BCUT2D eigenvalue weighted by Crippen LogP contribution is 2.50. The van der Waals surface area contributed by atoms with E-state index in [1.165, 1.54) is 5.82 Å². The molecule has 0 saturated heterocycles. The van der Waals surface area contributed by atoms with Gasteiger partial charge in [0.1, 0.15) is 24.7 Å². The van der Waals surface area contributed by atoms with Crippen LogP contribution in [0.3, 0.4) is 0 Å². The molecule has 0 atom stereocenters. The highest BCUT2D eigenvalue weighted by molar-refractivity contribution is 7.57. The molecule has 5 aromatic rings. The van der Waals surface area contributed by atoms with Crippen LogP contribution in [-0.4, -0.2) is 35.1 Å². The van der Waals surface area contributed by atoms with Gasteiger partial charge in [-0.05, 0) is 68.8 Å². The van der Waals surface area contributed by atoms with Crippen molar-refractivity contribution in [2.45, 2.75) is 34.0 Å². The second kappa shape index (κ2) is 14.3. The number of rotatable bonds is 15. The van der Waals surface area contributed by atoms with Crippen LogP contribution in [0.2, 0.25) is 0 Å². The summed E-state index contributed by atoms with van der Waals surface area (Å²) in [4.78, 5) is 4.49. The van der Waals surface area contributed by atoms with Gasteiger partial charge >= 0.3 is 7.60 Å². The summed E-state index contributed by atoms with van der Waals surface area (Å²) in [6.07, 6.45) is 3.24. The SMILES string of the molecule is CCOP(=O)(C=Cc1cc(OCc2ccc(OCc3nc(-c4ccco4)oc3C)c(OC)c2)nn1-c1ccccc1)OCC. The predicted molar refractivity (Wildman–Crippen MR) is 164 cm³/mol. The minimum atomic E-state index is -3.40. The summed E-state index contributed by atoms with van der Waals surface area (Å²) in [6, 6.07) is 20.4. The molecule has 0 unspecified atom stereocenters. The molecule has 0 bridgehead atoms. The molecule has 0 aliphatic carbocycles. The van der Waals surface area contributed by atoms with Gasteiger partial charge in [0.05, 0.1) is 38.0 Å². The van der Waals surface area contributed by atoms with E-state index in [2.05, 4.69) is 10.1 Å². The lowest BCUT2D eigenvalue weighted by Crippen LogP contribution is -2.02. The van der Waals surface area contributed by atoms with Gasteiger partial charge in [-0.3, -0.25) is 4.57 Å². The normalized spacial score (nSPS) is 11.7. The number of nitrogens with zero attached hydrogens (tertiary/aromatic N) is 3. The first-order valence-electron chi connectivity index (χ1n) is 14.1. The second-order valence-corrected chi connectivity index (χ2v) is 11.3. The third-order valence-electron chi connectivity index (χ3n) is 6.36. The summed E-state index contributed by atoms with van der Waals surface area (Å²) in [5.74, 6) is 4.51. The predicted octanol–water partition coefficient (Wildman–Crippen LogP) is 7.83. The number of hydrogen-bond acceptors (Lipinski definition) is 10. The fraction of sp³-hybridized carbons (Fsp3) is 0.250. The molecule has 230 valence electrons. The highest BCUT2D eigenvalue weighted by Gasteiger charge is 2.20. The van der Waals surface area contributed by atoms with Crippen LogP contribution in [0, 0.1) is 6.92 Å². The molecule has 0 aliphatic rings. The molecule has 2 aromatic carbocycles. The van der Waals surface area contributed by atoms with Crippen molar-refractivity contribution in [3.05, 3.63) is 102 Å². The number of benzene rings is 2. The minimum absolute atomic E-state index is 0.189. The third-order valence-corrected chi connectivity index (χ3v) is 8.12. The van der Waals surface area contributed by atoms with Crippen LogP contribution < -0.4 is 14.2 Å². The number of aryl methyl sites for hydroxylation is 1. The van der Waals surface area contributed by atoms with Crippen molar-refractivity contribution in [3.63, 3.8) is 0 Å². The van der Waals surface area contributed by atoms with Gasteiger partial charge < -0.3 is 32.1 Å². The lowest BCUT2D eigenvalue weighted by atomic mass is 10.2. The van der Waals surface area contributed by atoms with Gasteiger partial charge in [-0.2, -0.15) is 0 Å². The van der Waals surface area contributed by atoms with Crippen molar-refractivity contribution in [2.24, 2.45) is 0 Å². The van der Waals surface area contributed by atoms with Gasteiger partial charge in [-0.25, -0.2) is 9.67 Å². The number of hydrogen-bond donors (Lipinski definition) is 0. The smallest absolute Gasteiger partial charge is 0.354 e. The maximum atomic E-state index is 13.0. The summed E-state index contributed by atoms with van der Waals surface area (Å²) in [6.45, 7) is 6.28. The number of aromatic nitrogens is 3. The second-order valence-electron chi connectivity index (χ2n) is 9.41. The highest BCUT2D eigenvalue weighted by atomic mass is 31.2. The lowest BCUT2D eigenvalue weighted by Gasteiger charge is -2.12. The Morgan fingerprint density at radius 3 is 2.43 bits per heavy atom. The van der Waals surface area contributed by atoms with Crippen LogP contribution >= 0.6 is 7.60 Å². The van der Waals surface area contributed by atoms with Crippen molar-refractivity contribution in [1.29, 1.82) is 0 Å². The quantitative estimate of drug-likeness (QED) is 0.107. The Kier molecular flexibility index (Phi) is 10.0. The Morgan fingerprint density at radius 1 is 0.932 bits per heavy atom. The number of methoxy groups -OCH3 is 1. The Hall–Kier alpha value is -4.57. The van der Waals surface area contributed by atoms with E-state index in [1.54, 1.807) is 56.2 Å². The van der Waals surface area contributed by atoms with Crippen molar-refractivity contribution in [3.8, 4) is 34.7 Å². The summed E-state index contributed by atoms with van der Waals surface area (Å²) in [5.41, 5.74) is 2.95. The van der Waals surface area contributed by atoms with Crippen LogP contribution in [0.15, 0.2) is 87.6 Å². The fourth-order valence-corrected chi connectivity index (χ4v) is 5.58. The van der Waals surface area contributed by atoms with Crippen LogP contribution in [0.5, 0.6) is 17.4 Å². The largest absolute Gasteiger partial charge is 0.493 e. The summed E-state index contributed by atoms with van der Waals surface area (Å²) >= 11 is 0. The average Bonchev–Trinajstić information content (AvgIpc) is 3.79. The minimum Gasteiger partial charge on any atom is -0.493 e. The van der Waals surface area contributed by atoms with E-state index in [0.29, 0.717) is 46.2 Å². The number of para-hydroxylation sites is 1.